The lowest BCUT2D eigenvalue weighted by Gasteiger charge is -2.20. The highest BCUT2D eigenvalue weighted by Crippen LogP contribution is 2.40. The van der Waals surface area contributed by atoms with E-state index in [9.17, 15) is 0 Å². The molecule has 5 aromatic carbocycles. The van der Waals surface area contributed by atoms with Gasteiger partial charge in [-0.2, -0.15) is 9.97 Å². The van der Waals surface area contributed by atoms with Crippen molar-refractivity contribution in [2.45, 2.75) is 12.8 Å². The van der Waals surface area contributed by atoms with Gasteiger partial charge in [0.15, 0.2) is 11.6 Å². The van der Waals surface area contributed by atoms with Crippen LogP contribution in [0.2, 0.25) is 0 Å². The number of hydrogen-bond donors (Lipinski definition) is 0. The monoisotopic (exact) mass is 500 g/mol. The van der Waals surface area contributed by atoms with Gasteiger partial charge >= 0.3 is 0 Å². The average Bonchev–Trinajstić information content (AvgIpc) is 3.34. The Labute approximate surface area is 226 Å². The first-order valence-electron chi connectivity index (χ1n) is 13.4. The maximum atomic E-state index is 5.07. The molecule has 0 unspecified atom stereocenters. The lowest BCUT2D eigenvalue weighted by Crippen LogP contribution is -2.07. The SMILES string of the molecule is c1ccc(-c2nc(-c3ccccc3)nc(-n3c4ccccc4c4cc5c(cc43)-c3ccccc3CC5)n2)cc1. The molecular formula is C35H24N4. The molecule has 39 heavy (non-hydrogen) atoms. The number of para-hydroxylation sites is 1. The van der Waals surface area contributed by atoms with E-state index < -0.39 is 0 Å². The standard InChI is InChI=1S/C35H24N4/c1-3-12-24(13-4-1)33-36-34(25-14-5-2-6-15-25)38-35(37-33)39-31-18-10-9-17-28(31)30-21-26-20-19-23-11-7-8-16-27(23)29(26)22-32(30)39/h1-18,21-22H,19-20H2. The summed E-state index contributed by atoms with van der Waals surface area (Å²) in [5.74, 6) is 1.94. The van der Waals surface area contributed by atoms with Crippen molar-refractivity contribution >= 4 is 21.8 Å². The van der Waals surface area contributed by atoms with Crippen molar-refractivity contribution in [2.75, 3.05) is 0 Å². The summed E-state index contributed by atoms with van der Waals surface area (Å²) in [6.07, 6.45) is 2.12. The Morgan fingerprint density at radius 3 is 1.82 bits per heavy atom. The molecule has 0 amide bonds. The molecule has 0 spiro atoms. The lowest BCUT2D eigenvalue weighted by atomic mass is 9.85. The maximum absolute atomic E-state index is 5.07. The molecule has 4 heteroatoms. The first kappa shape index (κ1) is 21.9. The fraction of sp³-hybridized carbons (Fsp3) is 0.0571. The van der Waals surface area contributed by atoms with Crippen LogP contribution < -0.4 is 0 Å². The summed E-state index contributed by atoms with van der Waals surface area (Å²) in [6, 6.07) is 42.4. The molecule has 0 saturated heterocycles. The van der Waals surface area contributed by atoms with Gasteiger partial charge in [-0.1, -0.05) is 103 Å². The molecule has 0 aliphatic heterocycles. The van der Waals surface area contributed by atoms with Crippen LogP contribution in [0.3, 0.4) is 0 Å². The second kappa shape index (κ2) is 8.74. The summed E-state index contributed by atoms with van der Waals surface area (Å²) in [4.78, 5) is 15.0. The highest BCUT2D eigenvalue weighted by atomic mass is 15.2. The zero-order valence-electron chi connectivity index (χ0n) is 21.3. The maximum Gasteiger partial charge on any atom is 0.238 e. The summed E-state index contributed by atoms with van der Waals surface area (Å²) >= 11 is 0. The van der Waals surface area contributed by atoms with E-state index in [-0.39, 0.29) is 0 Å². The molecule has 0 bridgehead atoms. The van der Waals surface area contributed by atoms with Crippen LogP contribution in [0.15, 0.2) is 121 Å². The van der Waals surface area contributed by atoms with E-state index in [0.717, 1.165) is 35.0 Å². The van der Waals surface area contributed by atoms with E-state index in [4.69, 9.17) is 15.0 Å². The summed E-state index contributed by atoms with van der Waals surface area (Å²) < 4.78 is 2.21. The fourth-order valence-electron chi connectivity index (χ4n) is 5.90. The minimum absolute atomic E-state index is 0.623. The zero-order chi connectivity index (χ0) is 25.8. The molecule has 0 saturated carbocycles. The third kappa shape index (κ3) is 3.57. The highest BCUT2D eigenvalue weighted by Gasteiger charge is 2.22. The summed E-state index contributed by atoms with van der Waals surface area (Å²) in [7, 11) is 0. The Balaban J connectivity index is 1.45. The predicted molar refractivity (Wildman–Crippen MR) is 158 cm³/mol. The van der Waals surface area contributed by atoms with Gasteiger partial charge in [-0.25, -0.2) is 4.98 Å². The van der Waals surface area contributed by atoms with Crippen molar-refractivity contribution in [2.24, 2.45) is 0 Å². The van der Waals surface area contributed by atoms with Gasteiger partial charge in [-0.3, -0.25) is 4.57 Å². The van der Waals surface area contributed by atoms with E-state index in [1.165, 1.54) is 33.0 Å². The van der Waals surface area contributed by atoms with Gasteiger partial charge in [-0.15, -0.1) is 0 Å². The molecule has 0 atom stereocenters. The van der Waals surface area contributed by atoms with Crippen molar-refractivity contribution in [3.63, 3.8) is 0 Å². The van der Waals surface area contributed by atoms with E-state index in [1.807, 2.05) is 60.7 Å². The molecule has 0 N–H and O–H groups in total. The van der Waals surface area contributed by atoms with Crippen LogP contribution in [0.4, 0.5) is 0 Å². The van der Waals surface area contributed by atoms with Crippen molar-refractivity contribution in [1.29, 1.82) is 0 Å². The van der Waals surface area contributed by atoms with Crippen LogP contribution in [0, 0.1) is 0 Å². The summed E-state index contributed by atoms with van der Waals surface area (Å²) in [5.41, 5.74) is 9.55. The molecule has 0 fully saturated rings. The number of benzene rings is 5. The van der Waals surface area contributed by atoms with Crippen LogP contribution in [0.5, 0.6) is 0 Å². The quantitative estimate of drug-likeness (QED) is 0.246. The summed E-state index contributed by atoms with van der Waals surface area (Å²) in [6.45, 7) is 0. The Morgan fingerprint density at radius 1 is 0.462 bits per heavy atom. The number of aryl methyl sites for hydroxylation is 2. The molecule has 2 aromatic heterocycles. The van der Waals surface area contributed by atoms with Gasteiger partial charge in [0, 0.05) is 21.9 Å². The normalized spacial score (nSPS) is 12.4. The van der Waals surface area contributed by atoms with Crippen molar-refractivity contribution in [3.05, 3.63) is 132 Å². The fourth-order valence-corrected chi connectivity index (χ4v) is 5.90. The topological polar surface area (TPSA) is 43.6 Å². The third-order valence-corrected chi connectivity index (χ3v) is 7.76. The molecule has 1 aliphatic carbocycles. The highest BCUT2D eigenvalue weighted by molar-refractivity contribution is 6.10. The van der Waals surface area contributed by atoms with Crippen molar-refractivity contribution < 1.29 is 0 Å². The molecule has 0 radical (unpaired) electrons. The van der Waals surface area contributed by atoms with Gasteiger partial charge in [0.1, 0.15) is 0 Å². The van der Waals surface area contributed by atoms with E-state index in [2.05, 4.69) is 65.2 Å². The van der Waals surface area contributed by atoms with Gasteiger partial charge in [0.25, 0.3) is 0 Å². The smallest absolute Gasteiger partial charge is 0.238 e. The van der Waals surface area contributed by atoms with E-state index in [0.29, 0.717) is 17.6 Å². The molecule has 184 valence electrons. The predicted octanol–water partition coefficient (Wildman–Crippen LogP) is 8.07. The molecular weight excluding hydrogens is 476 g/mol. The Bertz CT molecular complexity index is 1950. The Hall–Kier alpha value is -5.09. The molecule has 2 heterocycles. The molecule has 4 nitrogen and oxygen atoms in total. The van der Waals surface area contributed by atoms with Gasteiger partial charge < -0.3 is 0 Å². The number of aromatic nitrogens is 4. The van der Waals surface area contributed by atoms with Gasteiger partial charge in [-0.05, 0) is 53.3 Å². The van der Waals surface area contributed by atoms with Gasteiger partial charge in [0.2, 0.25) is 5.95 Å². The minimum Gasteiger partial charge on any atom is -0.278 e. The average molecular weight is 501 g/mol. The Kier molecular flexibility index (Phi) is 4.92. The zero-order valence-corrected chi connectivity index (χ0v) is 21.3. The number of rotatable bonds is 3. The lowest BCUT2D eigenvalue weighted by molar-refractivity contribution is 0.939. The van der Waals surface area contributed by atoms with E-state index >= 15 is 0 Å². The molecule has 1 aliphatic rings. The minimum atomic E-state index is 0.623. The van der Waals surface area contributed by atoms with Crippen LogP contribution >= 0.6 is 0 Å². The van der Waals surface area contributed by atoms with Crippen molar-refractivity contribution in [1.82, 2.24) is 19.5 Å². The van der Waals surface area contributed by atoms with Crippen LogP contribution in [0.25, 0.3) is 61.7 Å². The second-order valence-electron chi connectivity index (χ2n) is 10.1. The van der Waals surface area contributed by atoms with Crippen LogP contribution in [-0.4, -0.2) is 19.5 Å². The first-order valence-corrected chi connectivity index (χ1v) is 13.4. The van der Waals surface area contributed by atoms with Gasteiger partial charge in [0.05, 0.1) is 11.0 Å². The number of fused-ring (bicyclic) bond motifs is 6. The van der Waals surface area contributed by atoms with Crippen LogP contribution in [-0.2, 0) is 12.8 Å². The van der Waals surface area contributed by atoms with E-state index in [1.54, 1.807) is 0 Å². The molecule has 8 rings (SSSR count). The largest absolute Gasteiger partial charge is 0.278 e. The second-order valence-corrected chi connectivity index (χ2v) is 10.1. The first-order chi connectivity index (χ1) is 19.3. The van der Waals surface area contributed by atoms with Crippen LogP contribution in [0.1, 0.15) is 11.1 Å². The molecule has 7 aromatic rings. The Morgan fingerprint density at radius 2 is 1.08 bits per heavy atom. The number of hydrogen-bond acceptors (Lipinski definition) is 3. The summed E-state index contributed by atoms with van der Waals surface area (Å²) in [5, 5.41) is 2.43. The third-order valence-electron chi connectivity index (χ3n) is 7.76. The number of nitrogens with zero attached hydrogens (tertiary/aromatic N) is 4. The van der Waals surface area contributed by atoms with Crippen molar-refractivity contribution in [3.8, 4) is 39.9 Å².